The van der Waals surface area contributed by atoms with Gasteiger partial charge in [-0.15, -0.1) is 4.98 Å². The Labute approximate surface area is 175 Å². The molecule has 10 heteroatoms. The maximum atomic E-state index is 6.04. The molecule has 0 aliphatic carbocycles. The number of quaternary nitrogens is 2. The number of nitrogens with zero attached hydrogens (tertiary/aromatic N) is 5. The molecule has 0 aliphatic rings. The summed E-state index contributed by atoms with van der Waals surface area (Å²) >= 11 is 0. The van der Waals surface area contributed by atoms with Gasteiger partial charge in [0.2, 0.25) is 18.4 Å². The van der Waals surface area contributed by atoms with Crippen molar-refractivity contribution < 1.29 is 27.9 Å². The minimum Gasteiger partial charge on any atom is -0.410 e. The van der Waals surface area contributed by atoms with Crippen LogP contribution in [0.5, 0.6) is 12.0 Å². The van der Waals surface area contributed by atoms with Crippen LogP contribution < -0.4 is 15.2 Å². The van der Waals surface area contributed by atoms with Gasteiger partial charge in [0.25, 0.3) is 0 Å². The summed E-state index contributed by atoms with van der Waals surface area (Å²) in [5, 5.41) is 0. The van der Waals surface area contributed by atoms with Crippen LogP contribution in [0.15, 0.2) is 0 Å². The van der Waals surface area contributed by atoms with E-state index in [4.69, 9.17) is 24.7 Å². The fourth-order valence-corrected chi connectivity index (χ4v) is 3.55. The average Bonchev–Trinajstić information content (AvgIpc) is 2.69. The van der Waals surface area contributed by atoms with Crippen molar-refractivity contribution in [3.05, 3.63) is 0 Å². The lowest BCUT2D eigenvalue weighted by Crippen LogP contribution is -2.57. The van der Waals surface area contributed by atoms with Gasteiger partial charge in [0.15, 0.2) is 13.5 Å². The first kappa shape index (κ1) is 25.3. The summed E-state index contributed by atoms with van der Waals surface area (Å²) in [4.78, 5) is 12.6. The first-order valence-corrected chi connectivity index (χ1v) is 10.3. The van der Waals surface area contributed by atoms with Gasteiger partial charge in [-0.3, -0.25) is 8.97 Å². The highest BCUT2D eigenvalue weighted by molar-refractivity contribution is 5.20. The van der Waals surface area contributed by atoms with Crippen molar-refractivity contribution in [1.29, 1.82) is 0 Å². The smallest absolute Gasteiger partial charge is 0.328 e. The highest BCUT2D eigenvalue weighted by atomic mass is 16.6. The van der Waals surface area contributed by atoms with E-state index in [1.807, 2.05) is 13.8 Å². The van der Waals surface area contributed by atoms with Gasteiger partial charge in [-0.1, -0.05) is 0 Å². The average molecular weight is 417 g/mol. The molecule has 0 bridgehead atoms. The number of aromatic nitrogens is 3. The first-order valence-electron chi connectivity index (χ1n) is 10.3. The van der Waals surface area contributed by atoms with Crippen molar-refractivity contribution in [1.82, 2.24) is 15.0 Å². The maximum Gasteiger partial charge on any atom is 0.328 e. The van der Waals surface area contributed by atoms with Crippen molar-refractivity contribution in [2.75, 3.05) is 59.6 Å². The molecule has 1 heterocycles. The van der Waals surface area contributed by atoms with Crippen LogP contribution in [0.4, 0.5) is 5.95 Å². The number of rotatable bonds is 14. The lowest BCUT2D eigenvalue weighted by Gasteiger charge is -2.40. The molecule has 1 rings (SSSR count). The number of nitrogens with two attached hydrogens (primary N) is 1. The molecule has 0 aromatic carbocycles. The summed E-state index contributed by atoms with van der Waals surface area (Å²) in [5.41, 5.74) is 5.89. The van der Waals surface area contributed by atoms with Gasteiger partial charge in [0, 0.05) is 28.1 Å². The van der Waals surface area contributed by atoms with Gasteiger partial charge in [-0.2, -0.15) is 9.97 Å². The van der Waals surface area contributed by atoms with Gasteiger partial charge < -0.3 is 24.7 Å². The van der Waals surface area contributed by atoms with E-state index in [0.29, 0.717) is 22.4 Å². The fraction of sp³-hybridized carbons (Fsp3) is 0.842. The molecule has 0 fully saturated rings. The van der Waals surface area contributed by atoms with Crippen LogP contribution in [0.1, 0.15) is 41.5 Å². The maximum absolute atomic E-state index is 6.04. The quantitative estimate of drug-likeness (QED) is 0.362. The molecule has 0 amide bonds. The van der Waals surface area contributed by atoms with E-state index in [0.717, 1.165) is 26.2 Å². The lowest BCUT2D eigenvalue weighted by molar-refractivity contribution is -0.978. The zero-order chi connectivity index (χ0) is 22.1. The molecule has 2 N–H and O–H groups in total. The van der Waals surface area contributed by atoms with Crippen molar-refractivity contribution in [3.8, 4) is 12.0 Å². The Morgan fingerprint density at radius 1 is 0.724 bits per heavy atom. The monoisotopic (exact) mass is 416 g/mol. The van der Waals surface area contributed by atoms with Crippen LogP contribution in [0, 0.1) is 0 Å². The zero-order valence-corrected chi connectivity index (χ0v) is 19.3. The Morgan fingerprint density at radius 3 is 1.34 bits per heavy atom. The number of nitrogen functional groups attached to an aromatic ring is 1. The Morgan fingerprint density at radius 2 is 1.07 bits per heavy atom. The third-order valence-electron chi connectivity index (χ3n) is 6.00. The van der Waals surface area contributed by atoms with E-state index < -0.39 is 0 Å². The number of hydrogen-bond donors (Lipinski definition) is 1. The van der Waals surface area contributed by atoms with Gasteiger partial charge in [-0.25, -0.2) is 0 Å². The molecule has 0 spiro atoms. The molecule has 0 saturated heterocycles. The molecule has 10 nitrogen and oxygen atoms in total. The highest BCUT2D eigenvalue weighted by Crippen LogP contribution is 2.21. The van der Waals surface area contributed by atoms with Crippen LogP contribution in [0.3, 0.4) is 0 Å². The number of anilines is 1. The van der Waals surface area contributed by atoms with Crippen LogP contribution in [-0.2, 0) is 9.47 Å². The molecule has 168 valence electrons. The largest absolute Gasteiger partial charge is 0.410 e. The predicted molar refractivity (Wildman–Crippen MR) is 111 cm³/mol. The van der Waals surface area contributed by atoms with Gasteiger partial charge in [0.1, 0.15) is 0 Å². The Bertz CT molecular complexity index is 562. The molecule has 0 aliphatic heterocycles. The summed E-state index contributed by atoms with van der Waals surface area (Å²) in [7, 11) is 3.37. The van der Waals surface area contributed by atoms with Gasteiger partial charge >= 0.3 is 12.0 Å². The van der Waals surface area contributed by atoms with Crippen LogP contribution in [-0.4, -0.2) is 90.2 Å². The second-order valence-electron chi connectivity index (χ2n) is 7.23. The van der Waals surface area contributed by atoms with Crippen molar-refractivity contribution in [3.63, 3.8) is 0 Å². The normalized spacial score (nSPS) is 14.5. The highest BCUT2D eigenvalue weighted by Gasteiger charge is 2.35. The van der Waals surface area contributed by atoms with Gasteiger partial charge in [0.05, 0.1) is 26.2 Å². The van der Waals surface area contributed by atoms with Crippen molar-refractivity contribution in [2.24, 2.45) is 0 Å². The van der Waals surface area contributed by atoms with Crippen LogP contribution in [0.25, 0.3) is 0 Å². The Kier molecular flexibility index (Phi) is 9.97. The molecule has 1 aromatic heterocycles. The summed E-state index contributed by atoms with van der Waals surface area (Å²) in [5.74, 6) is 0.0556. The fourth-order valence-electron chi connectivity index (χ4n) is 3.55. The zero-order valence-electron chi connectivity index (χ0n) is 19.3. The van der Waals surface area contributed by atoms with E-state index in [1.165, 1.54) is 0 Å². The molecule has 0 saturated carbocycles. The molecular weight excluding hydrogens is 376 g/mol. The van der Waals surface area contributed by atoms with E-state index in [-0.39, 0.29) is 30.4 Å². The summed E-state index contributed by atoms with van der Waals surface area (Å²) in [6.07, 6.45) is -0.460. The van der Waals surface area contributed by atoms with E-state index in [2.05, 4.69) is 42.6 Å². The molecule has 29 heavy (non-hydrogen) atoms. The second kappa shape index (κ2) is 11.4. The number of ether oxygens (including phenoxy) is 4. The second-order valence-corrected chi connectivity index (χ2v) is 7.23. The van der Waals surface area contributed by atoms with Crippen LogP contribution in [0.2, 0.25) is 0 Å². The minimum atomic E-state index is -0.230. The summed E-state index contributed by atoms with van der Waals surface area (Å²) in [6, 6.07) is 0.288. The third kappa shape index (κ3) is 6.11. The molecule has 0 unspecified atom stereocenters. The predicted octanol–water partition coefficient (Wildman–Crippen LogP) is 1.82. The first-order chi connectivity index (χ1) is 13.8. The molecule has 1 aromatic rings. The number of methoxy groups -OCH3 is 2. The minimum absolute atomic E-state index is 0.0556. The molecular formula is C19H40N6O4+2. The molecule has 0 radical (unpaired) electrons. The van der Waals surface area contributed by atoms with Crippen LogP contribution >= 0.6 is 0 Å². The number of hydrogen-bond acceptors (Lipinski definition) is 8. The third-order valence-corrected chi connectivity index (χ3v) is 6.00. The van der Waals surface area contributed by atoms with Crippen molar-refractivity contribution in [2.45, 2.75) is 54.0 Å². The standard InChI is InChI=1S/C19H40N6O4/c1-9-24(10-2,13-26-7)15(5)28-18-21-17(20)22-19(23-18)29-16(6)25(11-3,12-4)14-27-8/h15-16H,9-14H2,1-8H3,(H2,20,21,22,23)/q+2/t15-,16-/m0/s1. The SMILES string of the molecule is CC[N+](CC)(COC)[C@H](C)Oc1nc(N)nc(O[C@@H](C)[N+](CC)(CC)COC)n1. The molecule has 2 atom stereocenters. The topological polar surface area (TPSA) is 102 Å². The summed E-state index contributed by atoms with van der Waals surface area (Å²) < 4.78 is 24.1. The van der Waals surface area contributed by atoms with Crippen molar-refractivity contribution >= 4 is 5.95 Å². The van der Waals surface area contributed by atoms with E-state index in [9.17, 15) is 0 Å². The lowest BCUT2D eigenvalue weighted by atomic mass is 10.3. The van der Waals surface area contributed by atoms with E-state index >= 15 is 0 Å². The van der Waals surface area contributed by atoms with Gasteiger partial charge in [-0.05, 0) is 27.7 Å². The summed E-state index contributed by atoms with van der Waals surface area (Å²) in [6.45, 7) is 16.8. The Balaban J connectivity index is 3.06. The Hall–Kier alpha value is -1.75. The van der Waals surface area contributed by atoms with E-state index in [1.54, 1.807) is 14.2 Å².